The number of carbonyl (C=O) groups excluding carboxylic acids is 1. The summed E-state index contributed by atoms with van der Waals surface area (Å²) in [5.74, 6) is -0.945. The van der Waals surface area contributed by atoms with E-state index in [0.717, 1.165) is 12.3 Å². The van der Waals surface area contributed by atoms with Crippen molar-refractivity contribution in [3.63, 3.8) is 0 Å². The van der Waals surface area contributed by atoms with Gasteiger partial charge in [0.2, 0.25) is 5.78 Å². The molecular formula is C9H7FN4O. The molecular weight excluding hydrogens is 199 g/mol. The van der Waals surface area contributed by atoms with E-state index in [2.05, 4.69) is 15.3 Å². The zero-order chi connectivity index (χ0) is 10.8. The molecule has 5 nitrogen and oxygen atoms in total. The minimum Gasteiger partial charge on any atom is -0.287 e. The van der Waals surface area contributed by atoms with Crippen LogP contribution in [-0.2, 0) is 7.05 Å². The van der Waals surface area contributed by atoms with Crippen LogP contribution in [0.2, 0.25) is 0 Å². The first-order chi connectivity index (χ1) is 7.16. The van der Waals surface area contributed by atoms with E-state index in [0.29, 0.717) is 0 Å². The van der Waals surface area contributed by atoms with Crippen molar-refractivity contribution < 1.29 is 9.18 Å². The smallest absolute Gasteiger partial charge is 0.216 e. The number of halogens is 1. The molecule has 6 heteroatoms. The average Bonchev–Trinajstić information content (AvgIpc) is 2.64. The number of aromatic nitrogens is 4. The summed E-state index contributed by atoms with van der Waals surface area (Å²) in [4.78, 5) is 15.3. The van der Waals surface area contributed by atoms with Gasteiger partial charge in [-0.25, -0.2) is 4.39 Å². The van der Waals surface area contributed by atoms with Gasteiger partial charge in [0, 0.05) is 18.8 Å². The van der Waals surface area contributed by atoms with E-state index in [-0.39, 0.29) is 11.3 Å². The third-order valence-electron chi connectivity index (χ3n) is 1.80. The Morgan fingerprint density at radius 3 is 2.87 bits per heavy atom. The van der Waals surface area contributed by atoms with E-state index in [1.807, 2.05) is 0 Å². The molecule has 0 bridgehead atoms. The van der Waals surface area contributed by atoms with Crippen LogP contribution >= 0.6 is 0 Å². The first-order valence-corrected chi connectivity index (χ1v) is 4.18. The number of pyridine rings is 1. The monoisotopic (exact) mass is 206 g/mol. The summed E-state index contributed by atoms with van der Waals surface area (Å²) >= 11 is 0. The summed E-state index contributed by atoms with van der Waals surface area (Å²) in [5.41, 5.74) is 0.334. The van der Waals surface area contributed by atoms with Crippen molar-refractivity contribution in [2.75, 3.05) is 0 Å². The minimum atomic E-state index is -0.551. The maximum absolute atomic E-state index is 12.8. The van der Waals surface area contributed by atoms with Crippen molar-refractivity contribution >= 4 is 5.78 Å². The average molecular weight is 206 g/mol. The van der Waals surface area contributed by atoms with E-state index >= 15 is 0 Å². The van der Waals surface area contributed by atoms with Crippen LogP contribution in [-0.4, -0.2) is 25.8 Å². The van der Waals surface area contributed by atoms with Gasteiger partial charge in [-0.15, -0.1) is 5.10 Å². The molecule has 15 heavy (non-hydrogen) atoms. The Bertz CT molecular complexity index is 508. The Hall–Kier alpha value is -2.11. The number of hydrogen-bond donors (Lipinski definition) is 0. The second kappa shape index (κ2) is 3.56. The van der Waals surface area contributed by atoms with E-state index in [1.54, 1.807) is 7.05 Å². The maximum Gasteiger partial charge on any atom is 0.216 e. The lowest BCUT2D eigenvalue weighted by Gasteiger charge is -1.95. The van der Waals surface area contributed by atoms with Crippen LogP contribution in [0.4, 0.5) is 4.39 Å². The number of aryl methyl sites for hydroxylation is 1. The Balaban J connectivity index is 2.36. The standard InChI is InChI=1S/C9H7FN4O/c1-14-5-8(12-13-14)9(15)6-2-7(10)4-11-3-6/h2-5H,1H3. The Morgan fingerprint density at radius 1 is 1.47 bits per heavy atom. The molecule has 0 amide bonds. The molecule has 2 aromatic rings. The number of rotatable bonds is 2. The summed E-state index contributed by atoms with van der Waals surface area (Å²) in [6.45, 7) is 0. The third-order valence-corrected chi connectivity index (χ3v) is 1.80. The van der Waals surface area contributed by atoms with Gasteiger partial charge in [0.05, 0.1) is 12.4 Å². The van der Waals surface area contributed by atoms with Gasteiger partial charge in [0.25, 0.3) is 0 Å². The van der Waals surface area contributed by atoms with Gasteiger partial charge in [-0.1, -0.05) is 5.21 Å². The molecule has 0 N–H and O–H groups in total. The second-order valence-corrected chi connectivity index (χ2v) is 3.00. The molecule has 0 aliphatic rings. The molecule has 2 aromatic heterocycles. The Kier molecular flexibility index (Phi) is 2.24. The van der Waals surface area contributed by atoms with Crippen molar-refractivity contribution in [1.82, 2.24) is 20.0 Å². The lowest BCUT2D eigenvalue weighted by Crippen LogP contribution is -2.03. The van der Waals surface area contributed by atoms with Crippen LogP contribution in [0.15, 0.2) is 24.7 Å². The van der Waals surface area contributed by atoms with Crippen LogP contribution in [0.5, 0.6) is 0 Å². The quantitative estimate of drug-likeness (QED) is 0.674. The molecule has 0 fully saturated rings. The van der Waals surface area contributed by atoms with E-state index < -0.39 is 11.6 Å². The van der Waals surface area contributed by atoms with Gasteiger partial charge in [0.1, 0.15) is 5.82 Å². The van der Waals surface area contributed by atoms with Crippen molar-refractivity contribution in [2.45, 2.75) is 0 Å². The van der Waals surface area contributed by atoms with Crippen molar-refractivity contribution in [2.24, 2.45) is 7.05 Å². The van der Waals surface area contributed by atoms with Crippen molar-refractivity contribution in [3.05, 3.63) is 41.7 Å². The predicted octanol–water partition coefficient (Wildman–Crippen LogP) is 0.580. The SMILES string of the molecule is Cn1cc(C(=O)c2cncc(F)c2)nn1. The van der Waals surface area contributed by atoms with Crippen LogP contribution < -0.4 is 0 Å². The predicted molar refractivity (Wildman–Crippen MR) is 48.6 cm³/mol. The summed E-state index contributed by atoms with van der Waals surface area (Å²) < 4.78 is 14.2. The molecule has 76 valence electrons. The Morgan fingerprint density at radius 2 is 2.27 bits per heavy atom. The van der Waals surface area contributed by atoms with Gasteiger partial charge < -0.3 is 0 Å². The fraction of sp³-hybridized carbons (Fsp3) is 0.111. The molecule has 2 rings (SSSR count). The molecule has 0 aliphatic heterocycles. The zero-order valence-electron chi connectivity index (χ0n) is 7.88. The van der Waals surface area contributed by atoms with Gasteiger partial charge in [-0.3, -0.25) is 14.5 Å². The van der Waals surface area contributed by atoms with Gasteiger partial charge in [-0.2, -0.15) is 0 Å². The first kappa shape index (κ1) is 9.45. The van der Waals surface area contributed by atoms with E-state index in [1.165, 1.54) is 17.1 Å². The second-order valence-electron chi connectivity index (χ2n) is 3.00. The van der Waals surface area contributed by atoms with Crippen LogP contribution in [0, 0.1) is 5.82 Å². The summed E-state index contributed by atoms with van der Waals surface area (Å²) in [5, 5.41) is 7.25. The highest BCUT2D eigenvalue weighted by Crippen LogP contribution is 2.06. The molecule has 0 saturated heterocycles. The lowest BCUT2D eigenvalue weighted by atomic mass is 10.1. The van der Waals surface area contributed by atoms with Crippen LogP contribution in [0.1, 0.15) is 16.1 Å². The van der Waals surface area contributed by atoms with Gasteiger partial charge >= 0.3 is 0 Å². The molecule has 0 saturated carbocycles. The molecule has 2 heterocycles. The van der Waals surface area contributed by atoms with Gasteiger partial charge in [0.15, 0.2) is 5.69 Å². The summed E-state index contributed by atoms with van der Waals surface area (Å²) in [6.07, 6.45) is 3.79. The number of ketones is 1. The molecule has 0 unspecified atom stereocenters. The molecule has 0 atom stereocenters. The fourth-order valence-corrected chi connectivity index (χ4v) is 1.14. The van der Waals surface area contributed by atoms with Gasteiger partial charge in [-0.05, 0) is 6.07 Å². The highest BCUT2D eigenvalue weighted by molar-refractivity contribution is 6.07. The lowest BCUT2D eigenvalue weighted by molar-refractivity contribution is 0.103. The molecule has 0 spiro atoms. The highest BCUT2D eigenvalue weighted by Gasteiger charge is 2.13. The normalized spacial score (nSPS) is 10.3. The van der Waals surface area contributed by atoms with Crippen LogP contribution in [0.3, 0.4) is 0 Å². The first-order valence-electron chi connectivity index (χ1n) is 4.18. The summed E-state index contributed by atoms with van der Waals surface area (Å²) in [7, 11) is 1.65. The molecule has 0 aliphatic carbocycles. The molecule has 0 radical (unpaired) electrons. The van der Waals surface area contributed by atoms with Crippen molar-refractivity contribution in [3.8, 4) is 0 Å². The highest BCUT2D eigenvalue weighted by atomic mass is 19.1. The fourth-order valence-electron chi connectivity index (χ4n) is 1.14. The largest absolute Gasteiger partial charge is 0.287 e. The zero-order valence-corrected chi connectivity index (χ0v) is 7.88. The molecule has 0 aromatic carbocycles. The number of carbonyl (C=O) groups is 1. The summed E-state index contributed by atoms with van der Waals surface area (Å²) in [6, 6.07) is 1.12. The maximum atomic E-state index is 12.8. The van der Waals surface area contributed by atoms with Crippen molar-refractivity contribution in [1.29, 1.82) is 0 Å². The Labute approximate surface area is 84.6 Å². The van der Waals surface area contributed by atoms with E-state index in [4.69, 9.17) is 0 Å². The third kappa shape index (κ3) is 1.88. The number of hydrogen-bond acceptors (Lipinski definition) is 4. The number of nitrogens with zero attached hydrogens (tertiary/aromatic N) is 4. The van der Waals surface area contributed by atoms with Crippen LogP contribution in [0.25, 0.3) is 0 Å². The van der Waals surface area contributed by atoms with E-state index in [9.17, 15) is 9.18 Å². The minimum absolute atomic E-state index is 0.163. The topological polar surface area (TPSA) is 60.7 Å².